The number of carbonyl (C=O) groups excluding carboxylic acids is 1. The number of amides is 1. The third kappa shape index (κ3) is 4.79. The summed E-state index contributed by atoms with van der Waals surface area (Å²) in [6.45, 7) is 2.01. The van der Waals surface area contributed by atoms with Crippen molar-refractivity contribution < 1.29 is 18.7 Å². The van der Waals surface area contributed by atoms with Crippen molar-refractivity contribution in [1.82, 2.24) is 5.32 Å². The molecule has 0 heterocycles. The van der Waals surface area contributed by atoms with E-state index in [1.807, 2.05) is 0 Å². The molecule has 0 saturated carbocycles. The van der Waals surface area contributed by atoms with Crippen molar-refractivity contribution >= 4 is 5.91 Å². The lowest BCUT2D eigenvalue weighted by Crippen LogP contribution is -2.26. The minimum absolute atomic E-state index is 0.0974. The van der Waals surface area contributed by atoms with Crippen LogP contribution in [0.3, 0.4) is 0 Å². The van der Waals surface area contributed by atoms with Crippen molar-refractivity contribution in [2.75, 3.05) is 6.54 Å². The molecular weight excluding hydrogens is 240 g/mol. The summed E-state index contributed by atoms with van der Waals surface area (Å²) in [6.07, 6.45) is 0.260. The Hall–Kier alpha value is -1.49. The van der Waals surface area contributed by atoms with E-state index >= 15 is 0 Å². The van der Waals surface area contributed by atoms with Gasteiger partial charge in [0, 0.05) is 13.0 Å². The van der Waals surface area contributed by atoms with Gasteiger partial charge < -0.3 is 10.4 Å². The number of benzene rings is 1. The number of rotatable bonds is 6. The van der Waals surface area contributed by atoms with Gasteiger partial charge in [-0.25, -0.2) is 8.78 Å². The predicted octanol–water partition coefficient (Wildman–Crippen LogP) is 1.78. The van der Waals surface area contributed by atoms with E-state index < -0.39 is 17.7 Å². The standard InChI is InChI=1S/C13H17F2NO2/c1-9(17)7-8-16-12(18)6-5-10-3-2-4-11(14)13(10)15/h2-4,9,17H,5-8H2,1H3,(H,16,18). The number of carbonyl (C=O) groups is 1. The van der Waals surface area contributed by atoms with Gasteiger partial charge in [-0.3, -0.25) is 4.79 Å². The van der Waals surface area contributed by atoms with Gasteiger partial charge >= 0.3 is 0 Å². The highest BCUT2D eigenvalue weighted by atomic mass is 19.2. The average molecular weight is 257 g/mol. The number of nitrogens with one attached hydrogen (secondary N) is 1. The molecule has 0 spiro atoms. The molecule has 0 aromatic heterocycles. The van der Waals surface area contributed by atoms with Gasteiger partial charge in [-0.15, -0.1) is 0 Å². The van der Waals surface area contributed by atoms with Crippen LogP contribution in [0.4, 0.5) is 8.78 Å². The zero-order chi connectivity index (χ0) is 13.5. The maximum absolute atomic E-state index is 13.3. The van der Waals surface area contributed by atoms with Gasteiger partial charge in [0.15, 0.2) is 11.6 Å². The molecule has 1 atom stereocenters. The average Bonchev–Trinajstić information content (AvgIpc) is 2.30. The van der Waals surface area contributed by atoms with E-state index in [1.54, 1.807) is 6.92 Å². The molecule has 2 N–H and O–H groups in total. The lowest BCUT2D eigenvalue weighted by Gasteiger charge is -2.07. The molecule has 1 aromatic rings. The number of halogens is 2. The summed E-state index contributed by atoms with van der Waals surface area (Å²) in [5.41, 5.74) is 0.195. The van der Waals surface area contributed by atoms with E-state index in [4.69, 9.17) is 5.11 Å². The summed E-state index contributed by atoms with van der Waals surface area (Å²) in [7, 11) is 0. The molecule has 1 amide bonds. The van der Waals surface area contributed by atoms with Crippen molar-refractivity contribution in [2.45, 2.75) is 32.3 Å². The summed E-state index contributed by atoms with van der Waals surface area (Å²) >= 11 is 0. The second kappa shape index (κ2) is 7.06. The van der Waals surface area contributed by atoms with Crippen LogP contribution in [0.2, 0.25) is 0 Å². The van der Waals surface area contributed by atoms with E-state index in [2.05, 4.69) is 5.32 Å². The van der Waals surface area contributed by atoms with E-state index in [0.717, 1.165) is 6.07 Å². The molecular formula is C13H17F2NO2. The first-order chi connectivity index (χ1) is 8.50. The Morgan fingerprint density at radius 2 is 2.17 bits per heavy atom. The Balaban J connectivity index is 2.36. The summed E-state index contributed by atoms with van der Waals surface area (Å²) in [6, 6.07) is 3.92. The van der Waals surface area contributed by atoms with Crippen LogP contribution in [-0.2, 0) is 11.2 Å². The van der Waals surface area contributed by atoms with Crippen LogP contribution in [0.15, 0.2) is 18.2 Å². The van der Waals surface area contributed by atoms with Crippen LogP contribution in [0.25, 0.3) is 0 Å². The van der Waals surface area contributed by atoms with Crippen LogP contribution in [0, 0.1) is 11.6 Å². The SMILES string of the molecule is CC(O)CCNC(=O)CCc1cccc(F)c1F. The maximum Gasteiger partial charge on any atom is 0.220 e. The molecule has 1 aromatic carbocycles. The van der Waals surface area contributed by atoms with Crippen molar-refractivity contribution in [3.05, 3.63) is 35.4 Å². The lowest BCUT2D eigenvalue weighted by atomic mass is 10.1. The summed E-state index contributed by atoms with van der Waals surface area (Å²) < 4.78 is 26.2. The molecule has 1 unspecified atom stereocenters. The molecule has 100 valence electrons. The second-order valence-electron chi connectivity index (χ2n) is 4.20. The number of hydrogen-bond donors (Lipinski definition) is 2. The third-order valence-electron chi connectivity index (χ3n) is 2.54. The molecule has 0 aliphatic rings. The van der Waals surface area contributed by atoms with Gasteiger partial charge in [-0.2, -0.15) is 0 Å². The Bertz CT molecular complexity index is 408. The first-order valence-corrected chi connectivity index (χ1v) is 5.88. The van der Waals surface area contributed by atoms with Crippen LogP contribution in [0.5, 0.6) is 0 Å². The molecule has 3 nitrogen and oxygen atoms in total. The zero-order valence-corrected chi connectivity index (χ0v) is 10.2. The van der Waals surface area contributed by atoms with E-state index in [1.165, 1.54) is 12.1 Å². The van der Waals surface area contributed by atoms with Gasteiger partial charge in [0.1, 0.15) is 0 Å². The minimum Gasteiger partial charge on any atom is -0.393 e. The topological polar surface area (TPSA) is 49.3 Å². The van der Waals surface area contributed by atoms with Crippen molar-refractivity contribution in [3.8, 4) is 0 Å². The van der Waals surface area contributed by atoms with Gasteiger partial charge in [-0.1, -0.05) is 12.1 Å². The number of hydrogen-bond acceptors (Lipinski definition) is 2. The minimum atomic E-state index is -0.901. The van der Waals surface area contributed by atoms with Crippen LogP contribution in [0.1, 0.15) is 25.3 Å². The first kappa shape index (κ1) is 14.6. The molecule has 0 bridgehead atoms. The Morgan fingerprint density at radius 3 is 2.83 bits per heavy atom. The van der Waals surface area contributed by atoms with E-state index in [-0.39, 0.29) is 24.3 Å². The summed E-state index contributed by atoms with van der Waals surface area (Å²) in [5.74, 6) is -2.03. The second-order valence-corrected chi connectivity index (χ2v) is 4.20. The maximum atomic E-state index is 13.3. The van der Waals surface area contributed by atoms with Crippen molar-refractivity contribution in [3.63, 3.8) is 0 Å². The molecule has 0 fully saturated rings. The summed E-state index contributed by atoms with van der Waals surface area (Å²) in [5, 5.41) is 11.6. The van der Waals surface area contributed by atoms with Crippen molar-refractivity contribution in [1.29, 1.82) is 0 Å². The lowest BCUT2D eigenvalue weighted by molar-refractivity contribution is -0.121. The molecule has 0 aliphatic carbocycles. The summed E-state index contributed by atoms with van der Waals surface area (Å²) in [4.78, 5) is 11.4. The van der Waals surface area contributed by atoms with Gasteiger partial charge in [0.05, 0.1) is 6.10 Å². The number of aliphatic hydroxyl groups excluding tert-OH is 1. The van der Waals surface area contributed by atoms with Crippen LogP contribution >= 0.6 is 0 Å². The Kier molecular flexibility index (Phi) is 5.71. The molecule has 0 radical (unpaired) electrons. The molecule has 0 aliphatic heterocycles. The molecule has 5 heteroatoms. The fourth-order valence-corrected chi connectivity index (χ4v) is 1.50. The zero-order valence-electron chi connectivity index (χ0n) is 10.2. The van der Waals surface area contributed by atoms with Gasteiger partial charge in [0.25, 0.3) is 0 Å². The van der Waals surface area contributed by atoms with Crippen LogP contribution < -0.4 is 5.32 Å². The van der Waals surface area contributed by atoms with Crippen LogP contribution in [-0.4, -0.2) is 23.7 Å². The van der Waals surface area contributed by atoms with Crippen molar-refractivity contribution in [2.24, 2.45) is 0 Å². The number of aryl methyl sites for hydroxylation is 1. The van der Waals surface area contributed by atoms with Gasteiger partial charge in [0.2, 0.25) is 5.91 Å². The third-order valence-corrected chi connectivity index (χ3v) is 2.54. The first-order valence-electron chi connectivity index (χ1n) is 5.88. The normalized spacial score (nSPS) is 12.2. The fourth-order valence-electron chi connectivity index (χ4n) is 1.50. The fraction of sp³-hybridized carbons (Fsp3) is 0.462. The molecule has 1 rings (SSSR count). The monoisotopic (exact) mass is 257 g/mol. The highest BCUT2D eigenvalue weighted by Gasteiger charge is 2.09. The Labute approximate surface area is 105 Å². The highest BCUT2D eigenvalue weighted by molar-refractivity contribution is 5.76. The largest absolute Gasteiger partial charge is 0.393 e. The van der Waals surface area contributed by atoms with E-state index in [9.17, 15) is 13.6 Å². The molecule has 18 heavy (non-hydrogen) atoms. The quantitative estimate of drug-likeness (QED) is 0.816. The smallest absolute Gasteiger partial charge is 0.220 e. The Morgan fingerprint density at radius 1 is 1.44 bits per heavy atom. The van der Waals surface area contributed by atoms with E-state index in [0.29, 0.717) is 13.0 Å². The predicted molar refractivity (Wildman–Crippen MR) is 64.0 cm³/mol. The molecule has 0 saturated heterocycles. The highest BCUT2D eigenvalue weighted by Crippen LogP contribution is 2.12. The number of aliphatic hydroxyl groups is 1. The van der Waals surface area contributed by atoms with Gasteiger partial charge in [-0.05, 0) is 31.4 Å².